The minimum Gasteiger partial charge on any atom is -0.496 e. The van der Waals surface area contributed by atoms with Crippen molar-refractivity contribution in [2.45, 2.75) is 25.3 Å². The lowest BCUT2D eigenvalue weighted by atomic mass is 9.91. The summed E-state index contributed by atoms with van der Waals surface area (Å²) in [5.41, 5.74) is 4.41. The zero-order valence-corrected chi connectivity index (χ0v) is 15.7. The number of nitrogens with zero attached hydrogens (tertiary/aromatic N) is 3. The minimum absolute atomic E-state index is 0.385. The third kappa shape index (κ3) is 4.01. The van der Waals surface area contributed by atoms with E-state index in [0.717, 1.165) is 48.8 Å². The first-order chi connectivity index (χ1) is 13.3. The molecular weight excluding hydrogens is 334 g/mol. The number of hydrogen-bond acceptors (Lipinski definition) is 4. The first-order valence-electron chi connectivity index (χ1n) is 9.55. The van der Waals surface area contributed by atoms with Crippen molar-refractivity contribution in [2.75, 3.05) is 20.2 Å². The van der Waals surface area contributed by atoms with Crippen LogP contribution >= 0.6 is 0 Å². The Kier molecular flexibility index (Phi) is 5.45. The molecule has 1 atom stereocenters. The van der Waals surface area contributed by atoms with E-state index >= 15 is 0 Å². The van der Waals surface area contributed by atoms with Crippen molar-refractivity contribution in [2.24, 2.45) is 0 Å². The van der Waals surface area contributed by atoms with Crippen LogP contribution in [-0.2, 0) is 6.54 Å². The maximum absolute atomic E-state index is 5.56. The van der Waals surface area contributed by atoms with Gasteiger partial charge in [-0.05, 0) is 37.1 Å². The van der Waals surface area contributed by atoms with Crippen LogP contribution in [0.2, 0.25) is 0 Å². The average molecular weight is 359 g/mol. The second kappa shape index (κ2) is 8.31. The summed E-state index contributed by atoms with van der Waals surface area (Å²) < 4.78 is 5.56. The number of hydrogen-bond donors (Lipinski definition) is 0. The van der Waals surface area contributed by atoms with E-state index in [0.29, 0.717) is 5.92 Å². The quantitative estimate of drug-likeness (QED) is 0.671. The van der Waals surface area contributed by atoms with Crippen LogP contribution in [0, 0.1) is 0 Å². The predicted octanol–water partition coefficient (Wildman–Crippen LogP) is 4.53. The van der Waals surface area contributed by atoms with Gasteiger partial charge in [-0.2, -0.15) is 0 Å². The molecule has 0 radical (unpaired) electrons. The third-order valence-corrected chi connectivity index (χ3v) is 5.23. The topological polar surface area (TPSA) is 38.3 Å². The fourth-order valence-corrected chi connectivity index (χ4v) is 3.96. The molecule has 2 aromatic carbocycles. The number of aromatic nitrogens is 2. The van der Waals surface area contributed by atoms with Gasteiger partial charge in [-0.1, -0.05) is 42.5 Å². The van der Waals surface area contributed by atoms with Crippen molar-refractivity contribution in [3.8, 4) is 17.0 Å². The Bertz CT molecular complexity index is 882. The van der Waals surface area contributed by atoms with Crippen LogP contribution in [0.1, 0.15) is 30.0 Å². The molecule has 0 saturated carbocycles. The van der Waals surface area contributed by atoms with Crippen LogP contribution in [0.15, 0.2) is 67.0 Å². The average Bonchev–Trinajstić information content (AvgIpc) is 2.75. The van der Waals surface area contributed by atoms with Crippen molar-refractivity contribution in [1.82, 2.24) is 14.9 Å². The number of ether oxygens (including phenoxy) is 1. The third-order valence-electron chi connectivity index (χ3n) is 5.23. The molecule has 0 aliphatic carbocycles. The molecule has 0 N–H and O–H groups in total. The molecule has 4 rings (SSSR count). The molecule has 2 heterocycles. The molecule has 138 valence electrons. The van der Waals surface area contributed by atoms with E-state index < -0.39 is 0 Å². The molecule has 0 unspecified atom stereocenters. The van der Waals surface area contributed by atoms with Gasteiger partial charge in [0.15, 0.2) is 0 Å². The Morgan fingerprint density at radius 1 is 1.00 bits per heavy atom. The number of piperidine rings is 1. The summed E-state index contributed by atoms with van der Waals surface area (Å²) in [6, 6.07) is 18.8. The highest BCUT2D eigenvalue weighted by Crippen LogP contribution is 2.35. The van der Waals surface area contributed by atoms with Crippen LogP contribution < -0.4 is 4.74 Å². The van der Waals surface area contributed by atoms with Gasteiger partial charge in [0.1, 0.15) is 5.75 Å². The van der Waals surface area contributed by atoms with Crippen LogP contribution in [0.4, 0.5) is 0 Å². The smallest absolute Gasteiger partial charge is 0.128 e. The summed E-state index contributed by atoms with van der Waals surface area (Å²) in [5.74, 6) is 1.23. The van der Waals surface area contributed by atoms with Crippen LogP contribution in [0.5, 0.6) is 5.75 Å². The van der Waals surface area contributed by atoms with Gasteiger partial charge in [-0.15, -0.1) is 0 Å². The Hall–Kier alpha value is -2.72. The van der Waals surface area contributed by atoms with E-state index in [1.165, 1.54) is 12.0 Å². The second-order valence-corrected chi connectivity index (χ2v) is 7.05. The summed E-state index contributed by atoms with van der Waals surface area (Å²) >= 11 is 0. The van der Waals surface area contributed by atoms with Gasteiger partial charge in [-0.3, -0.25) is 14.9 Å². The van der Waals surface area contributed by atoms with E-state index in [1.807, 2.05) is 24.4 Å². The normalized spacial score (nSPS) is 17.6. The van der Waals surface area contributed by atoms with Gasteiger partial charge >= 0.3 is 0 Å². The predicted molar refractivity (Wildman–Crippen MR) is 108 cm³/mol. The first kappa shape index (κ1) is 17.7. The molecular formula is C23H25N3O. The number of likely N-dealkylation sites (tertiary alicyclic amines) is 1. The number of methoxy groups -OCH3 is 1. The van der Waals surface area contributed by atoms with Crippen molar-refractivity contribution < 1.29 is 4.74 Å². The summed E-state index contributed by atoms with van der Waals surface area (Å²) in [6.07, 6.45) is 5.91. The van der Waals surface area contributed by atoms with Crippen molar-refractivity contribution in [3.05, 3.63) is 78.2 Å². The highest BCUT2D eigenvalue weighted by atomic mass is 16.5. The molecule has 27 heavy (non-hydrogen) atoms. The zero-order chi connectivity index (χ0) is 18.5. The molecule has 1 saturated heterocycles. The Balaban J connectivity index is 1.60. The summed E-state index contributed by atoms with van der Waals surface area (Å²) in [7, 11) is 1.71. The minimum atomic E-state index is 0.385. The molecule has 0 spiro atoms. The molecule has 3 aromatic rings. The largest absolute Gasteiger partial charge is 0.496 e. The molecule has 1 fully saturated rings. The fraction of sp³-hybridized carbons (Fsp3) is 0.304. The van der Waals surface area contributed by atoms with Gasteiger partial charge in [-0.25, -0.2) is 0 Å². The Labute approximate surface area is 160 Å². The van der Waals surface area contributed by atoms with Crippen molar-refractivity contribution in [3.63, 3.8) is 0 Å². The summed E-state index contributed by atoms with van der Waals surface area (Å²) in [6.45, 7) is 3.13. The second-order valence-electron chi connectivity index (χ2n) is 7.05. The van der Waals surface area contributed by atoms with Gasteiger partial charge in [0, 0.05) is 37.0 Å². The number of benzene rings is 2. The molecule has 4 nitrogen and oxygen atoms in total. The van der Waals surface area contributed by atoms with Crippen LogP contribution in [0.3, 0.4) is 0 Å². The highest BCUT2D eigenvalue weighted by molar-refractivity contribution is 5.69. The van der Waals surface area contributed by atoms with E-state index in [2.05, 4.69) is 46.3 Å². The maximum atomic E-state index is 5.56. The monoisotopic (exact) mass is 359 g/mol. The van der Waals surface area contributed by atoms with Gasteiger partial charge in [0.25, 0.3) is 0 Å². The molecule has 0 amide bonds. The first-order valence-corrected chi connectivity index (χ1v) is 9.55. The maximum Gasteiger partial charge on any atom is 0.128 e. The molecule has 1 aliphatic rings. The van der Waals surface area contributed by atoms with Crippen LogP contribution in [-0.4, -0.2) is 35.1 Å². The molecule has 1 aliphatic heterocycles. The van der Waals surface area contributed by atoms with E-state index in [9.17, 15) is 0 Å². The SMILES string of the molecule is COc1ccccc1-c1nccnc1[C@@H]1CCCN(Cc2ccccc2)C1. The lowest BCUT2D eigenvalue weighted by molar-refractivity contribution is 0.198. The highest BCUT2D eigenvalue weighted by Gasteiger charge is 2.26. The van der Waals surface area contributed by atoms with Crippen molar-refractivity contribution >= 4 is 0 Å². The fourth-order valence-electron chi connectivity index (χ4n) is 3.96. The molecule has 0 bridgehead atoms. The van der Waals surface area contributed by atoms with E-state index in [1.54, 1.807) is 13.3 Å². The zero-order valence-electron chi connectivity index (χ0n) is 15.7. The Morgan fingerprint density at radius 2 is 1.78 bits per heavy atom. The van der Waals surface area contributed by atoms with E-state index in [-0.39, 0.29) is 0 Å². The molecule has 1 aromatic heterocycles. The lowest BCUT2D eigenvalue weighted by Gasteiger charge is -2.33. The van der Waals surface area contributed by atoms with Crippen LogP contribution in [0.25, 0.3) is 11.3 Å². The summed E-state index contributed by atoms with van der Waals surface area (Å²) in [4.78, 5) is 12.0. The van der Waals surface area contributed by atoms with Gasteiger partial charge < -0.3 is 4.74 Å². The molecule has 4 heteroatoms. The van der Waals surface area contributed by atoms with Crippen molar-refractivity contribution in [1.29, 1.82) is 0 Å². The van der Waals surface area contributed by atoms with Gasteiger partial charge in [0.2, 0.25) is 0 Å². The number of para-hydroxylation sites is 1. The standard InChI is InChI=1S/C23H25N3O/c1-27-21-12-6-5-11-20(21)23-22(24-13-14-25-23)19-10-7-15-26(17-19)16-18-8-3-2-4-9-18/h2-6,8-9,11-14,19H,7,10,15-17H2,1H3/t19-/m1/s1. The van der Waals surface area contributed by atoms with E-state index in [4.69, 9.17) is 9.72 Å². The number of rotatable bonds is 5. The lowest BCUT2D eigenvalue weighted by Crippen LogP contribution is -2.34. The van der Waals surface area contributed by atoms with Gasteiger partial charge in [0.05, 0.1) is 18.5 Å². The Morgan fingerprint density at radius 3 is 2.63 bits per heavy atom. The summed E-state index contributed by atoms with van der Waals surface area (Å²) in [5, 5.41) is 0.